The molecule has 2 aliphatic rings. The summed E-state index contributed by atoms with van der Waals surface area (Å²) in [7, 11) is 0. The summed E-state index contributed by atoms with van der Waals surface area (Å²) < 4.78 is 5.84. The number of carbonyl (C=O) groups is 2. The van der Waals surface area contributed by atoms with Crippen molar-refractivity contribution in [2.75, 3.05) is 18.4 Å². The maximum atomic E-state index is 12.3. The standard InChI is InChI=1S/C20H21N3O3S/c1-13-6-17(27-12-13)11-26-16-9-23(10-16)19(25)5-2-14-7-15-3-4-18(24)22-20(15)21-8-14/h2,5-8,12,16H,3-4,9-11H2,1H3,(H,21,22,24). The number of hydrogen-bond donors (Lipinski definition) is 1. The number of fused-ring (bicyclic) bond motifs is 1. The van der Waals surface area contributed by atoms with Gasteiger partial charge in [0.1, 0.15) is 5.82 Å². The molecule has 1 fully saturated rings. The topological polar surface area (TPSA) is 71.5 Å². The second-order valence-electron chi connectivity index (χ2n) is 6.92. The van der Waals surface area contributed by atoms with Crippen LogP contribution in [0.1, 0.15) is 28.0 Å². The minimum Gasteiger partial charge on any atom is -0.369 e. The molecule has 0 unspecified atom stereocenters. The SMILES string of the molecule is Cc1csc(COC2CN(C(=O)C=Cc3cnc4c(c3)CCC(=O)N4)C2)c1. The van der Waals surface area contributed by atoms with Gasteiger partial charge >= 0.3 is 0 Å². The molecule has 4 heterocycles. The van der Waals surface area contributed by atoms with Gasteiger partial charge in [-0.05, 0) is 53.6 Å². The normalized spacial score (nSPS) is 16.9. The van der Waals surface area contributed by atoms with Gasteiger partial charge in [0.2, 0.25) is 11.8 Å². The zero-order chi connectivity index (χ0) is 18.8. The van der Waals surface area contributed by atoms with Crippen molar-refractivity contribution in [1.82, 2.24) is 9.88 Å². The summed E-state index contributed by atoms with van der Waals surface area (Å²) in [6.07, 6.45) is 6.27. The van der Waals surface area contributed by atoms with E-state index in [1.807, 2.05) is 6.07 Å². The van der Waals surface area contributed by atoms with Gasteiger partial charge in [-0.3, -0.25) is 9.59 Å². The van der Waals surface area contributed by atoms with Crippen LogP contribution in [0.2, 0.25) is 0 Å². The lowest BCUT2D eigenvalue weighted by atomic mass is 10.0. The number of nitrogens with one attached hydrogen (secondary N) is 1. The molecule has 2 amide bonds. The molecule has 7 heteroatoms. The van der Waals surface area contributed by atoms with Crippen molar-refractivity contribution in [3.8, 4) is 0 Å². The van der Waals surface area contributed by atoms with Crippen molar-refractivity contribution in [1.29, 1.82) is 0 Å². The molecule has 4 rings (SSSR count). The van der Waals surface area contributed by atoms with Gasteiger partial charge in [0.25, 0.3) is 0 Å². The molecular weight excluding hydrogens is 362 g/mol. The average Bonchev–Trinajstić information content (AvgIpc) is 3.03. The predicted molar refractivity (Wildman–Crippen MR) is 104 cm³/mol. The molecule has 2 aliphatic heterocycles. The van der Waals surface area contributed by atoms with E-state index >= 15 is 0 Å². The predicted octanol–water partition coefficient (Wildman–Crippen LogP) is 2.78. The quantitative estimate of drug-likeness (QED) is 0.806. The van der Waals surface area contributed by atoms with Crippen LogP contribution in [-0.4, -0.2) is 40.9 Å². The Hall–Kier alpha value is -2.51. The third kappa shape index (κ3) is 4.26. The Morgan fingerprint density at radius 1 is 1.41 bits per heavy atom. The van der Waals surface area contributed by atoms with Crippen LogP contribution in [0.15, 0.2) is 29.8 Å². The van der Waals surface area contributed by atoms with E-state index in [1.165, 1.54) is 10.4 Å². The van der Waals surface area contributed by atoms with Crippen molar-refractivity contribution < 1.29 is 14.3 Å². The van der Waals surface area contributed by atoms with E-state index in [4.69, 9.17) is 4.74 Å². The number of nitrogens with zero attached hydrogens (tertiary/aromatic N) is 2. The van der Waals surface area contributed by atoms with Gasteiger partial charge in [0.15, 0.2) is 0 Å². The molecule has 0 atom stereocenters. The molecule has 0 aliphatic carbocycles. The Bertz CT molecular complexity index is 900. The first-order valence-electron chi connectivity index (χ1n) is 8.98. The molecule has 0 aromatic carbocycles. The fourth-order valence-corrected chi connectivity index (χ4v) is 3.92. The van der Waals surface area contributed by atoms with Crippen LogP contribution >= 0.6 is 11.3 Å². The molecule has 140 valence electrons. The first-order valence-corrected chi connectivity index (χ1v) is 9.86. The van der Waals surface area contributed by atoms with E-state index in [2.05, 4.69) is 28.7 Å². The molecule has 1 saturated heterocycles. The Morgan fingerprint density at radius 3 is 3.04 bits per heavy atom. The third-order valence-corrected chi connectivity index (χ3v) is 5.72. The molecule has 27 heavy (non-hydrogen) atoms. The van der Waals surface area contributed by atoms with Gasteiger partial charge in [-0.1, -0.05) is 0 Å². The van der Waals surface area contributed by atoms with Gasteiger partial charge in [-0.15, -0.1) is 11.3 Å². The van der Waals surface area contributed by atoms with Crippen LogP contribution in [0.25, 0.3) is 6.08 Å². The highest BCUT2D eigenvalue weighted by molar-refractivity contribution is 7.10. The van der Waals surface area contributed by atoms with Crippen LogP contribution in [0.4, 0.5) is 5.82 Å². The van der Waals surface area contributed by atoms with E-state index < -0.39 is 0 Å². The van der Waals surface area contributed by atoms with Crippen molar-refractivity contribution in [3.63, 3.8) is 0 Å². The Labute approximate surface area is 161 Å². The van der Waals surface area contributed by atoms with Gasteiger partial charge in [-0.2, -0.15) is 0 Å². The highest BCUT2D eigenvalue weighted by atomic mass is 32.1. The number of hydrogen-bond acceptors (Lipinski definition) is 5. The maximum Gasteiger partial charge on any atom is 0.246 e. The van der Waals surface area contributed by atoms with Gasteiger partial charge < -0.3 is 15.0 Å². The van der Waals surface area contributed by atoms with Crippen LogP contribution < -0.4 is 5.32 Å². The fraction of sp³-hybridized carbons (Fsp3) is 0.350. The third-order valence-electron chi connectivity index (χ3n) is 4.69. The highest BCUT2D eigenvalue weighted by Gasteiger charge is 2.30. The minimum absolute atomic E-state index is 0.00256. The molecule has 0 bridgehead atoms. The molecule has 2 aromatic rings. The monoisotopic (exact) mass is 383 g/mol. The van der Waals surface area contributed by atoms with Gasteiger partial charge in [0, 0.05) is 36.7 Å². The zero-order valence-corrected chi connectivity index (χ0v) is 15.9. The molecule has 0 radical (unpaired) electrons. The van der Waals surface area contributed by atoms with Crippen molar-refractivity contribution in [3.05, 3.63) is 51.4 Å². The first-order chi connectivity index (χ1) is 13.1. The molecular formula is C20H21N3O3S. The number of carbonyl (C=O) groups excluding carboxylic acids is 2. The molecule has 0 spiro atoms. The number of aromatic nitrogens is 1. The number of pyridine rings is 1. The molecule has 0 saturated carbocycles. The lowest BCUT2D eigenvalue weighted by Gasteiger charge is -2.38. The van der Waals surface area contributed by atoms with E-state index in [0.29, 0.717) is 38.4 Å². The zero-order valence-electron chi connectivity index (χ0n) is 15.1. The van der Waals surface area contributed by atoms with Crippen molar-refractivity contribution in [2.45, 2.75) is 32.5 Å². The van der Waals surface area contributed by atoms with Crippen LogP contribution in [0.3, 0.4) is 0 Å². The molecule has 6 nitrogen and oxygen atoms in total. The van der Waals surface area contributed by atoms with Gasteiger partial charge in [0.05, 0.1) is 12.7 Å². The number of rotatable bonds is 5. The molecule has 2 aromatic heterocycles. The lowest BCUT2D eigenvalue weighted by Crippen LogP contribution is -2.54. The summed E-state index contributed by atoms with van der Waals surface area (Å²) in [5, 5.41) is 4.87. The first kappa shape index (κ1) is 17.9. The number of thiophene rings is 1. The second-order valence-corrected chi connectivity index (χ2v) is 7.92. The number of ether oxygens (including phenoxy) is 1. The van der Waals surface area contributed by atoms with E-state index in [-0.39, 0.29) is 17.9 Å². The minimum atomic E-state index is -0.0205. The number of aryl methyl sites for hydroxylation is 2. The summed E-state index contributed by atoms with van der Waals surface area (Å²) in [5.41, 5.74) is 3.12. The average molecular weight is 383 g/mol. The Balaban J connectivity index is 1.26. The van der Waals surface area contributed by atoms with Crippen molar-refractivity contribution >= 4 is 35.0 Å². The second kappa shape index (κ2) is 7.62. The number of anilines is 1. The summed E-state index contributed by atoms with van der Waals surface area (Å²) >= 11 is 1.70. The van der Waals surface area contributed by atoms with Crippen LogP contribution in [0.5, 0.6) is 0 Å². The fourth-order valence-electron chi connectivity index (χ4n) is 3.13. The largest absolute Gasteiger partial charge is 0.369 e. The maximum absolute atomic E-state index is 12.3. The number of amides is 2. The summed E-state index contributed by atoms with van der Waals surface area (Å²) in [6.45, 7) is 3.94. The summed E-state index contributed by atoms with van der Waals surface area (Å²) in [6, 6.07) is 4.10. The van der Waals surface area contributed by atoms with E-state index in [9.17, 15) is 9.59 Å². The van der Waals surface area contributed by atoms with Crippen molar-refractivity contribution in [2.24, 2.45) is 0 Å². The Morgan fingerprint density at radius 2 is 2.26 bits per heavy atom. The smallest absolute Gasteiger partial charge is 0.246 e. The molecule has 1 N–H and O–H groups in total. The summed E-state index contributed by atoms with van der Waals surface area (Å²) in [4.78, 5) is 30.9. The van der Waals surface area contributed by atoms with Crippen LogP contribution in [0, 0.1) is 6.92 Å². The van der Waals surface area contributed by atoms with Gasteiger partial charge in [-0.25, -0.2) is 4.98 Å². The summed E-state index contributed by atoms with van der Waals surface area (Å²) in [5.74, 6) is 0.600. The van der Waals surface area contributed by atoms with E-state index in [0.717, 1.165) is 11.1 Å². The highest BCUT2D eigenvalue weighted by Crippen LogP contribution is 2.22. The number of likely N-dealkylation sites (tertiary alicyclic amines) is 1. The Kier molecular flexibility index (Phi) is 5.05. The lowest BCUT2D eigenvalue weighted by molar-refractivity contribution is -0.140. The van der Waals surface area contributed by atoms with E-state index in [1.54, 1.807) is 34.6 Å². The van der Waals surface area contributed by atoms with Crippen LogP contribution in [-0.2, 0) is 27.4 Å².